The molecule has 0 unspecified atom stereocenters. The van der Waals surface area contributed by atoms with Gasteiger partial charge in [-0.25, -0.2) is 9.97 Å². The first-order valence-corrected chi connectivity index (χ1v) is 5.84. The summed E-state index contributed by atoms with van der Waals surface area (Å²) in [7, 11) is 0. The van der Waals surface area contributed by atoms with Crippen molar-refractivity contribution in [3.05, 3.63) is 22.8 Å². The Kier molecular flexibility index (Phi) is 2.16. The molecule has 4 heteroatoms. The van der Waals surface area contributed by atoms with Gasteiger partial charge in [0.1, 0.15) is 5.82 Å². The number of carboxylic acids is 1. The summed E-state index contributed by atoms with van der Waals surface area (Å²) in [6, 6.07) is 0. The molecule has 2 aliphatic carbocycles. The molecule has 0 amide bonds. The van der Waals surface area contributed by atoms with Gasteiger partial charge in [0.15, 0.2) is 0 Å². The highest BCUT2D eigenvalue weighted by Crippen LogP contribution is 2.39. The fourth-order valence-electron chi connectivity index (χ4n) is 2.34. The summed E-state index contributed by atoms with van der Waals surface area (Å²) in [4.78, 5) is 19.8. The Hall–Kier alpha value is -1.45. The Balaban J connectivity index is 2.02. The summed E-state index contributed by atoms with van der Waals surface area (Å²) in [6.45, 7) is 0. The second kappa shape index (κ2) is 3.54. The van der Waals surface area contributed by atoms with Crippen LogP contribution in [0.5, 0.6) is 0 Å². The van der Waals surface area contributed by atoms with Gasteiger partial charge in [-0.1, -0.05) is 0 Å². The molecule has 3 rings (SSSR count). The third-order valence-corrected chi connectivity index (χ3v) is 3.30. The Morgan fingerprint density at radius 3 is 2.81 bits per heavy atom. The fraction of sp³-hybridized carbons (Fsp3) is 0.583. The first-order valence-electron chi connectivity index (χ1n) is 5.84. The van der Waals surface area contributed by atoms with Crippen molar-refractivity contribution in [1.29, 1.82) is 0 Å². The molecule has 16 heavy (non-hydrogen) atoms. The van der Waals surface area contributed by atoms with Crippen molar-refractivity contribution in [2.45, 2.75) is 44.4 Å². The van der Waals surface area contributed by atoms with Gasteiger partial charge in [0, 0.05) is 11.6 Å². The highest BCUT2D eigenvalue weighted by Gasteiger charge is 2.29. The number of rotatable bonds is 3. The van der Waals surface area contributed by atoms with Crippen LogP contribution >= 0.6 is 0 Å². The maximum absolute atomic E-state index is 10.8. The number of hydrogen-bond donors (Lipinski definition) is 1. The molecular formula is C12H14N2O2. The molecule has 0 spiro atoms. The lowest BCUT2D eigenvalue weighted by Crippen LogP contribution is -2.10. The van der Waals surface area contributed by atoms with Crippen molar-refractivity contribution in [3.8, 4) is 0 Å². The average molecular weight is 218 g/mol. The van der Waals surface area contributed by atoms with E-state index in [2.05, 4.69) is 9.97 Å². The molecule has 0 bridgehead atoms. The van der Waals surface area contributed by atoms with E-state index in [1.165, 1.54) is 0 Å². The van der Waals surface area contributed by atoms with E-state index in [9.17, 15) is 4.79 Å². The molecule has 0 atom stereocenters. The lowest BCUT2D eigenvalue weighted by atomic mass is 10.1. The standard InChI is InChI=1S/C12H14N2O2/c15-11(16)6-10-8-2-1-3-9(8)13-12(14-10)7-4-5-7/h7H,1-6H2,(H,15,16). The molecule has 1 aromatic rings. The van der Waals surface area contributed by atoms with E-state index in [0.717, 1.165) is 54.9 Å². The van der Waals surface area contributed by atoms with Gasteiger partial charge >= 0.3 is 5.97 Å². The zero-order chi connectivity index (χ0) is 11.1. The Morgan fingerprint density at radius 2 is 2.12 bits per heavy atom. The van der Waals surface area contributed by atoms with Crippen LogP contribution in [0.15, 0.2) is 0 Å². The zero-order valence-electron chi connectivity index (χ0n) is 9.07. The first kappa shape index (κ1) is 9.75. The molecule has 0 aliphatic heterocycles. The molecule has 0 radical (unpaired) electrons. The second-order valence-electron chi connectivity index (χ2n) is 4.65. The van der Waals surface area contributed by atoms with E-state index >= 15 is 0 Å². The monoisotopic (exact) mass is 218 g/mol. The molecule has 1 fully saturated rings. The fourth-order valence-corrected chi connectivity index (χ4v) is 2.34. The third-order valence-electron chi connectivity index (χ3n) is 3.30. The molecule has 0 aromatic carbocycles. The number of nitrogens with zero attached hydrogens (tertiary/aromatic N) is 2. The van der Waals surface area contributed by atoms with Gasteiger partial charge in [-0.2, -0.15) is 0 Å². The zero-order valence-corrected chi connectivity index (χ0v) is 9.07. The Labute approximate surface area is 93.7 Å². The van der Waals surface area contributed by atoms with E-state index in [1.54, 1.807) is 0 Å². The van der Waals surface area contributed by atoms with Gasteiger partial charge < -0.3 is 5.11 Å². The van der Waals surface area contributed by atoms with E-state index in [0.29, 0.717) is 5.92 Å². The summed E-state index contributed by atoms with van der Waals surface area (Å²) in [5.74, 6) is 0.588. The maximum atomic E-state index is 10.8. The number of aromatic nitrogens is 2. The summed E-state index contributed by atoms with van der Waals surface area (Å²) in [6.07, 6.45) is 5.39. The second-order valence-corrected chi connectivity index (χ2v) is 4.65. The number of carboxylic acid groups (broad SMARTS) is 1. The molecule has 84 valence electrons. The largest absolute Gasteiger partial charge is 0.481 e. The van der Waals surface area contributed by atoms with Crippen LogP contribution in [0.2, 0.25) is 0 Å². The van der Waals surface area contributed by atoms with Gasteiger partial charge in [0.25, 0.3) is 0 Å². The summed E-state index contributed by atoms with van der Waals surface area (Å²) >= 11 is 0. The predicted molar refractivity (Wildman–Crippen MR) is 57.4 cm³/mol. The molecule has 1 N–H and O–H groups in total. The van der Waals surface area contributed by atoms with Gasteiger partial charge in [-0.3, -0.25) is 4.79 Å². The van der Waals surface area contributed by atoms with Crippen molar-refractivity contribution in [2.75, 3.05) is 0 Å². The lowest BCUT2D eigenvalue weighted by molar-refractivity contribution is -0.136. The van der Waals surface area contributed by atoms with Gasteiger partial charge in [-0.15, -0.1) is 0 Å². The molecule has 4 nitrogen and oxygen atoms in total. The Morgan fingerprint density at radius 1 is 1.31 bits per heavy atom. The topological polar surface area (TPSA) is 63.1 Å². The number of carbonyl (C=O) groups is 1. The molecular weight excluding hydrogens is 204 g/mol. The van der Waals surface area contributed by atoms with Crippen LogP contribution in [-0.2, 0) is 24.1 Å². The van der Waals surface area contributed by atoms with Crippen LogP contribution in [0.25, 0.3) is 0 Å². The quantitative estimate of drug-likeness (QED) is 0.834. The minimum absolute atomic E-state index is 0.0462. The van der Waals surface area contributed by atoms with Crippen LogP contribution < -0.4 is 0 Å². The minimum atomic E-state index is -0.797. The van der Waals surface area contributed by atoms with Crippen molar-refractivity contribution >= 4 is 5.97 Å². The molecule has 0 saturated heterocycles. The summed E-state index contributed by atoms with van der Waals surface area (Å²) in [5.41, 5.74) is 2.97. The van der Waals surface area contributed by atoms with Crippen molar-refractivity contribution in [1.82, 2.24) is 9.97 Å². The van der Waals surface area contributed by atoms with Crippen molar-refractivity contribution in [3.63, 3.8) is 0 Å². The van der Waals surface area contributed by atoms with Gasteiger partial charge in [-0.05, 0) is 37.7 Å². The van der Waals surface area contributed by atoms with E-state index in [1.807, 2.05) is 0 Å². The van der Waals surface area contributed by atoms with Crippen molar-refractivity contribution in [2.24, 2.45) is 0 Å². The van der Waals surface area contributed by atoms with Crippen molar-refractivity contribution < 1.29 is 9.90 Å². The van der Waals surface area contributed by atoms with Crippen LogP contribution in [0.4, 0.5) is 0 Å². The maximum Gasteiger partial charge on any atom is 0.309 e. The van der Waals surface area contributed by atoms with Crippen LogP contribution in [0.1, 0.15) is 48.0 Å². The summed E-state index contributed by atoms with van der Waals surface area (Å²) < 4.78 is 0. The van der Waals surface area contributed by atoms with Crippen LogP contribution in [0, 0.1) is 0 Å². The first-order chi connectivity index (χ1) is 7.74. The van der Waals surface area contributed by atoms with Gasteiger partial charge in [0.2, 0.25) is 0 Å². The van der Waals surface area contributed by atoms with E-state index < -0.39 is 5.97 Å². The molecule has 1 aromatic heterocycles. The highest BCUT2D eigenvalue weighted by molar-refractivity contribution is 5.70. The third kappa shape index (κ3) is 1.68. The van der Waals surface area contributed by atoms with Crippen LogP contribution in [0.3, 0.4) is 0 Å². The number of hydrogen-bond acceptors (Lipinski definition) is 3. The number of fused-ring (bicyclic) bond motifs is 1. The molecule has 1 saturated carbocycles. The van der Waals surface area contributed by atoms with Gasteiger partial charge in [0.05, 0.1) is 12.1 Å². The number of aliphatic carboxylic acids is 1. The smallest absolute Gasteiger partial charge is 0.309 e. The Bertz CT molecular complexity index is 453. The average Bonchev–Trinajstić information content (AvgIpc) is 2.96. The predicted octanol–water partition coefficient (Wildman–Crippen LogP) is 1.47. The lowest BCUT2D eigenvalue weighted by Gasteiger charge is -2.07. The van der Waals surface area contributed by atoms with E-state index in [-0.39, 0.29) is 6.42 Å². The molecule has 2 aliphatic rings. The number of aryl methyl sites for hydroxylation is 1. The summed E-state index contributed by atoms with van der Waals surface area (Å²) in [5, 5.41) is 8.88. The highest BCUT2D eigenvalue weighted by atomic mass is 16.4. The van der Waals surface area contributed by atoms with Crippen LogP contribution in [-0.4, -0.2) is 21.0 Å². The SMILES string of the molecule is O=C(O)Cc1nc(C2CC2)nc2c1CCC2. The van der Waals surface area contributed by atoms with E-state index in [4.69, 9.17) is 5.11 Å². The normalized spacial score (nSPS) is 18.5. The minimum Gasteiger partial charge on any atom is -0.481 e. The molecule has 1 heterocycles.